The predicted octanol–water partition coefficient (Wildman–Crippen LogP) is 1.12. The molecule has 3 atom stereocenters. The summed E-state index contributed by atoms with van der Waals surface area (Å²) in [7, 11) is 0. The Hall–Kier alpha value is -1.96. The second-order valence-electron chi connectivity index (χ2n) is 4.30. The fraction of sp³-hybridized carbons (Fsp3) is 0.538. The van der Waals surface area contributed by atoms with Gasteiger partial charge in [0.2, 0.25) is 0 Å². The van der Waals surface area contributed by atoms with Gasteiger partial charge in [-0.2, -0.15) is 0 Å². The van der Waals surface area contributed by atoms with Crippen LogP contribution in [0, 0.1) is 18.3 Å². The average Bonchev–Trinajstić information content (AvgIpc) is 2.77. The fourth-order valence-electron chi connectivity index (χ4n) is 1.82. The summed E-state index contributed by atoms with van der Waals surface area (Å²) in [6.45, 7) is 1.94. The summed E-state index contributed by atoms with van der Waals surface area (Å²) in [5.41, 5.74) is 0. The summed E-state index contributed by atoms with van der Waals surface area (Å²) in [6, 6.07) is -0.581. The molecule has 0 heterocycles. The van der Waals surface area contributed by atoms with Crippen molar-refractivity contribution in [1.82, 2.24) is 10.6 Å². The number of carbonyl (C=O) groups excluding carboxylic acids is 1. The Bertz CT molecular complexity index is 384. The molecule has 0 spiro atoms. The van der Waals surface area contributed by atoms with Crippen LogP contribution in [0.15, 0.2) is 12.2 Å². The van der Waals surface area contributed by atoms with E-state index in [2.05, 4.69) is 16.6 Å². The highest BCUT2D eigenvalue weighted by Gasteiger charge is 2.25. The molecule has 2 amide bonds. The molecule has 1 aliphatic rings. The van der Waals surface area contributed by atoms with Gasteiger partial charge in [0.1, 0.15) is 0 Å². The van der Waals surface area contributed by atoms with E-state index in [1.165, 1.54) is 0 Å². The summed E-state index contributed by atoms with van der Waals surface area (Å²) in [5.74, 6) is 1.13. The minimum Gasteiger partial charge on any atom is -0.481 e. The molecular formula is C13H18N2O3. The number of nitrogens with one attached hydrogen (secondary N) is 2. The lowest BCUT2D eigenvalue weighted by Gasteiger charge is -2.17. The predicted molar refractivity (Wildman–Crippen MR) is 67.9 cm³/mol. The maximum Gasteiger partial charge on any atom is 0.315 e. The van der Waals surface area contributed by atoms with Crippen molar-refractivity contribution in [3.05, 3.63) is 12.2 Å². The second-order valence-corrected chi connectivity index (χ2v) is 4.30. The first-order valence-corrected chi connectivity index (χ1v) is 5.98. The Morgan fingerprint density at radius 3 is 2.78 bits per heavy atom. The van der Waals surface area contributed by atoms with Crippen LogP contribution >= 0.6 is 0 Å². The van der Waals surface area contributed by atoms with Crippen LogP contribution in [-0.2, 0) is 4.79 Å². The lowest BCUT2D eigenvalue weighted by Crippen LogP contribution is -2.45. The molecule has 18 heavy (non-hydrogen) atoms. The van der Waals surface area contributed by atoms with Gasteiger partial charge in [-0.1, -0.05) is 19.1 Å². The van der Waals surface area contributed by atoms with Crippen LogP contribution in [-0.4, -0.2) is 29.2 Å². The van der Waals surface area contributed by atoms with Crippen molar-refractivity contribution in [3.8, 4) is 12.3 Å². The van der Waals surface area contributed by atoms with Gasteiger partial charge in [0.05, 0.1) is 12.0 Å². The quantitative estimate of drug-likeness (QED) is 0.505. The number of aliphatic carboxylic acids is 1. The van der Waals surface area contributed by atoms with E-state index in [0.29, 0.717) is 12.8 Å². The molecule has 0 aromatic rings. The van der Waals surface area contributed by atoms with Crippen LogP contribution in [0.1, 0.15) is 26.2 Å². The monoisotopic (exact) mass is 250 g/mol. The summed E-state index contributed by atoms with van der Waals surface area (Å²) in [6.07, 6.45) is 10.2. The number of carbonyl (C=O) groups is 2. The van der Waals surface area contributed by atoms with Crippen LogP contribution < -0.4 is 10.6 Å². The lowest BCUT2D eigenvalue weighted by atomic mass is 10.1. The zero-order valence-electron chi connectivity index (χ0n) is 10.3. The fourth-order valence-corrected chi connectivity index (χ4v) is 1.82. The minimum absolute atomic E-state index is 0.0457. The molecular weight excluding hydrogens is 232 g/mol. The molecule has 0 aliphatic heterocycles. The van der Waals surface area contributed by atoms with Gasteiger partial charge in [-0.05, 0) is 12.8 Å². The Morgan fingerprint density at radius 2 is 2.28 bits per heavy atom. The van der Waals surface area contributed by atoms with Gasteiger partial charge in [0.25, 0.3) is 0 Å². The van der Waals surface area contributed by atoms with Crippen molar-refractivity contribution >= 4 is 12.0 Å². The van der Waals surface area contributed by atoms with Crippen molar-refractivity contribution in [2.24, 2.45) is 5.92 Å². The Morgan fingerprint density at radius 1 is 1.56 bits per heavy atom. The summed E-state index contributed by atoms with van der Waals surface area (Å²) < 4.78 is 0. The molecule has 3 unspecified atom stereocenters. The maximum atomic E-state index is 11.6. The van der Waals surface area contributed by atoms with Crippen LogP contribution in [0.5, 0.6) is 0 Å². The summed E-state index contributed by atoms with van der Waals surface area (Å²) in [4.78, 5) is 22.4. The van der Waals surface area contributed by atoms with Crippen molar-refractivity contribution in [3.63, 3.8) is 0 Å². The smallest absolute Gasteiger partial charge is 0.315 e. The summed E-state index contributed by atoms with van der Waals surface area (Å²) >= 11 is 0. The van der Waals surface area contributed by atoms with Gasteiger partial charge in [0, 0.05) is 12.5 Å². The maximum absolute atomic E-state index is 11.6. The van der Waals surface area contributed by atoms with Crippen molar-refractivity contribution in [2.75, 3.05) is 0 Å². The zero-order chi connectivity index (χ0) is 13.5. The Kier molecular flexibility index (Phi) is 5.25. The van der Waals surface area contributed by atoms with E-state index in [-0.39, 0.29) is 18.1 Å². The molecule has 3 N–H and O–H groups in total. The molecule has 1 aliphatic carbocycles. The molecule has 0 fully saturated rings. The number of hydrogen-bond donors (Lipinski definition) is 3. The normalized spacial score (nSPS) is 23.1. The van der Waals surface area contributed by atoms with Crippen LogP contribution in [0.3, 0.4) is 0 Å². The Balaban J connectivity index is 2.36. The Labute approximate surface area is 107 Å². The first kappa shape index (κ1) is 14.1. The van der Waals surface area contributed by atoms with Gasteiger partial charge in [-0.3, -0.25) is 4.79 Å². The van der Waals surface area contributed by atoms with E-state index in [1.807, 2.05) is 6.92 Å². The number of carboxylic acid groups (broad SMARTS) is 1. The summed E-state index contributed by atoms with van der Waals surface area (Å²) in [5, 5.41) is 14.3. The van der Waals surface area contributed by atoms with E-state index in [4.69, 9.17) is 11.5 Å². The topological polar surface area (TPSA) is 78.4 Å². The molecule has 1 rings (SSSR count). The van der Waals surface area contributed by atoms with Crippen LogP contribution in [0.4, 0.5) is 4.79 Å². The molecule has 5 nitrogen and oxygen atoms in total. The van der Waals surface area contributed by atoms with Gasteiger partial charge in [-0.25, -0.2) is 4.79 Å². The highest BCUT2D eigenvalue weighted by atomic mass is 16.4. The highest BCUT2D eigenvalue weighted by molar-refractivity contribution is 5.76. The minimum atomic E-state index is -0.866. The second kappa shape index (κ2) is 6.70. The van der Waals surface area contributed by atoms with Crippen LogP contribution in [0.25, 0.3) is 0 Å². The van der Waals surface area contributed by atoms with Crippen LogP contribution in [0.2, 0.25) is 0 Å². The van der Waals surface area contributed by atoms with E-state index in [9.17, 15) is 9.59 Å². The first-order chi connectivity index (χ1) is 8.56. The van der Waals surface area contributed by atoms with Crippen molar-refractivity contribution < 1.29 is 14.7 Å². The lowest BCUT2D eigenvalue weighted by molar-refractivity contribution is -0.140. The van der Waals surface area contributed by atoms with Gasteiger partial charge < -0.3 is 15.7 Å². The number of urea groups is 1. The number of hydrogen-bond acceptors (Lipinski definition) is 2. The first-order valence-electron chi connectivity index (χ1n) is 5.98. The van der Waals surface area contributed by atoms with E-state index < -0.39 is 11.9 Å². The molecule has 98 valence electrons. The number of terminal acetylenes is 1. The van der Waals surface area contributed by atoms with E-state index >= 15 is 0 Å². The van der Waals surface area contributed by atoms with E-state index in [0.717, 1.165) is 6.42 Å². The third-order valence-corrected chi connectivity index (χ3v) is 2.91. The average molecular weight is 250 g/mol. The highest BCUT2D eigenvalue weighted by Crippen LogP contribution is 2.17. The van der Waals surface area contributed by atoms with Gasteiger partial charge in [0.15, 0.2) is 0 Å². The van der Waals surface area contributed by atoms with Crippen molar-refractivity contribution in [2.45, 2.75) is 38.3 Å². The zero-order valence-corrected chi connectivity index (χ0v) is 10.3. The third kappa shape index (κ3) is 4.13. The standard InChI is InChI=1S/C13H18N2O3/c1-3-5-10(4-2)14-13(18)15-11-7-6-9(8-11)12(16)17/h1,6-7,9-11H,4-5,8H2,2H3,(H,16,17)(H2,14,15,18). The molecule has 0 aromatic carbocycles. The van der Waals surface area contributed by atoms with Gasteiger partial charge >= 0.3 is 12.0 Å². The number of carboxylic acids is 1. The van der Waals surface area contributed by atoms with E-state index in [1.54, 1.807) is 12.2 Å². The molecule has 0 aromatic heterocycles. The van der Waals surface area contributed by atoms with Gasteiger partial charge in [-0.15, -0.1) is 12.3 Å². The molecule has 0 bridgehead atoms. The molecule has 5 heteroatoms. The molecule has 0 saturated heterocycles. The third-order valence-electron chi connectivity index (χ3n) is 2.91. The number of amides is 2. The largest absolute Gasteiger partial charge is 0.481 e. The molecule has 0 saturated carbocycles. The van der Waals surface area contributed by atoms with Crippen molar-refractivity contribution in [1.29, 1.82) is 0 Å². The SMILES string of the molecule is C#CCC(CC)NC(=O)NC1C=CC(C(=O)O)C1. The number of rotatable bonds is 5. The molecule has 0 radical (unpaired) electrons.